The summed E-state index contributed by atoms with van der Waals surface area (Å²) in [5.74, 6) is -0.569. The van der Waals surface area contributed by atoms with Gasteiger partial charge in [0.1, 0.15) is 11.8 Å². The van der Waals surface area contributed by atoms with E-state index in [1.54, 1.807) is 0 Å². The van der Waals surface area contributed by atoms with Gasteiger partial charge >= 0.3 is 5.97 Å². The highest BCUT2D eigenvalue weighted by atomic mass is 32.1. The minimum absolute atomic E-state index is 0.0332. The Hall–Kier alpha value is -1.05. The summed E-state index contributed by atoms with van der Waals surface area (Å²) in [4.78, 5) is 11.2. The van der Waals surface area contributed by atoms with Crippen molar-refractivity contribution in [2.45, 2.75) is 12.2 Å². The zero-order chi connectivity index (χ0) is 11.4. The molecule has 0 aromatic carbocycles. The second kappa shape index (κ2) is 5.15. The second-order valence-corrected chi connectivity index (χ2v) is 3.25. The van der Waals surface area contributed by atoms with Crippen LogP contribution >= 0.6 is 12.6 Å². The van der Waals surface area contributed by atoms with E-state index in [0.29, 0.717) is 0 Å². The van der Waals surface area contributed by atoms with Crippen LogP contribution < -0.4 is 0 Å². The lowest BCUT2D eigenvalue weighted by atomic mass is 10.1. The van der Waals surface area contributed by atoms with Crippen LogP contribution in [0.15, 0.2) is 6.20 Å². The fourth-order valence-electron chi connectivity index (χ4n) is 1.09. The Labute approximate surface area is 91.7 Å². The molecule has 7 heteroatoms. The number of hydrogen-bond donors (Lipinski definition) is 4. The molecule has 0 aliphatic heterocycles. The normalized spacial score (nSPS) is 14.7. The Bertz CT molecular complexity index is 341. The maximum Gasteiger partial charge on any atom is 0.356 e. The number of aromatic amines is 1. The minimum Gasteiger partial charge on any atom is -0.464 e. The van der Waals surface area contributed by atoms with E-state index < -0.39 is 18.2 Å². The predicted octanol–water partition coefficient (Wildman–Crippen LogP) is -0.480. The highest BCUT2D eigenvalue weighted by molar-refractivity contribution is 7.80. The van der Waals surface area contributed by atoms with Crippen molar-refractivity contribution in [1.82, 2.24) is 10.2 Å². The third-order valence-corrected chi connectivity index (χ3v) is 2.30. The number of esters is 1. The number of hydrogen-bond acceptors (Lipinski definition) is 6. The number of H-pyrrole nitrogens is 1. The summed E-state index contributed by atoms with van der Waals surface area (Å²) in [6.07, 6.45) is -1.01. The zero-order valence-corrected chi connectivity index (χ0v) is 8.94. The van der Waals surface area contributed by atoms with Crippen molar-refractivity contribution in [3.8, 4) is 0 Å². The molecule has 2 unspecified atom stereocenters. The summed E-state index contributed by atoms with van der Waals surface area (Å²) >= 11 is 3.84. The summed E-state index contributed by atoms with van der Waals surface area (Å²) in [5.41, 5.74) is 0.231. The average Bonchev–Trinajstić information content (AvgIpc) is 2.74. The smallest absolute Gasteiger partial charge is 0.356 e. The average molecular weight is 232 g/mol. The Balaban J connectivity index is 2.94. The molecule has 1 aromatic heterocycles. The van der Waals surface area contributed by atoms with E-state index in [-0.39, 0.29) is 17.0 Å². The van der Waals surface area contributed by atoms with Crippen LogP contribution in [0.3, 0.4) is 0 Å². The van der Waals surface area contributed by atoms with E-state index in [2.05, 4.69) is 27.6 Å². The molecular formula is C8H12N2O4S. The van der Waals surface area contributed by atoms with Crippen molar-refractivity contribution >= 4 is 18.6 Å². The molecule has 84 valence electrons. The van der Waals surface area contributed by atoms with Gasteiger partial charge in [0.2, 0.25) is 0 Å². The largest absolute Gasteiger partial charge is 0.464 e. The predicted molar refractivity (Wildman–Crippen MR) is 54.7 cm³/mol. The molecule has 0 radical (unpaired) electrons. The van der Waals surface area contributed by atoms with Crippen LogP contribution in [0.2, 0.25) is 0 Å². The van der Waals surface area contributed by atoms with E-state index >= 15 is 0 Å². The Kier molecular flexibility index (Phi) is 4.13. The number of aromatic nitrogens is 2. The fraction of sp³-hybridized carbons (Fsp3) is 0.500. The van der Waals surface area contributed by atoms with Gasteiger partial charge in [0, 0.05) is 11.3 Å². The molecule has 3 N–H and O–H groups in total. The van der Waals surface area contributed by atoms with Crippen molar-refractivity contribution < 1.29 is 19.7 Å². The van der Waals surface area contributed by atoms with Gasteiger partial charge in [0.05, 0.1) is 19.4 Å². The first-order chi connectivity index (χ1) is 7.11. The van der Waals surface area contributed by atoms with E-state index in [0.717, 1.165) is 0 Å². The molecule has 6 nitrogen and oxygen atoms in total. The van der Waals surface area contributed by atoms with Crippen LogP contribution in [-0.4, -0.2) is 45.3 Å². The van der Waals surface area contributed by atoms with E-state index in [1.165, 1.54) is 13.3 Å². The van der Waals surface area contributed by atoms with Crippen LogP contribution in [-0.2, 0) is 4.74 Å². The van der Waals surface area contributed by atoms with Gasteiger partial charge in [-0.2, -0.15) is 17.7 Å². The SMILES string of the molecule is COC(=O)c1[nH]ncc1C(O)C(O)CS. The summed E-state index contributed by atoms with van der Waals surface area (Å²) in [6.45, 7) is 0. The lowest BCUT2D eigenvalue weighted by Gasteiger charge is -2.14. The van der Waals surface area contributed by atoms with Gasteiger partial charge in [-0.05, 0) is 0 Å². The number of aliphatic hydroxyl groups excluding tert-OH is 2. The molecule has 0 fully saturated rings. The van der Waals surface area contributed by atoms with Crippen molar-refractivity contribution in [1.29, 1.82) is 0 Å². The van der Waals surface area contributed by atoms with Gasteiger partial charge in [0.25, 0.3) is 0 Å². The van der Waals surface area contributed by atoms with Gasteiger partial charge in [-0.25, -0.2) is 4.79 Å². The summed E-state index contributed by atoms with van der Waals surface area (Å²) in [6, 6.07) is 0. The van der Waals surface area contributed by atoms with Crippen molar-refractivity contribution in [3.05, 3.63) is 17.5 Å². The molecule has 1 heterocycles. The quantitative estimate of drug-likeness (QED) is 0.415. The number of nitrogens with one attached hydrogen (secondary N) is 1. The van der Waals surface area contributed by atoms with Gasteiger partial charge in [0.15, 0.2) is 0 Å². The molecule has 0 amide bonds. The van der Waals surface area contributed by atoms with Crippen LogP contribution in [0.25, 0.3) is 0 Å². The molecule has 0 aliphatic rings. The molecule has 1 aromatic rings. The van der Waals surface area contributed by atoms with Gasteiger partial charge in [-0.3, -0.25) is 5.10 Å². The summed E-state index contributed by atoms with van der Waals surface area (Å²) in [5, 5.41) is 25.0. The molecule has 0 saturated carbocycles. The Morgan fingerprint density at radius 3 is 2.93 bits per heavy atom. The maximum absolute atomic E-state index is 11.2. The number of carbonyl (C=O) groups excluding carboxylic acids is 1. The first kappa shape index (κ1) is 12.0. The highest BCUT2D eigenvalue weighted by Crippen LogP contribution is 2.20. The Morgan fingerprint density at radius 2 is 2.40 bits per heavy atom. The monoisotopic (exact) mass is 232 g/mol. The van der Waals surface area contributed by atoms with Crippen LogP contribution in [0, 0.1) is 0 Å². The number of carbonyl (C=O) groups is 1. The molecule has 1 rings (SSSR count). The Morgan fingerprint density at radius 1 is 1.73 bits per heavy atom. The maximum atomic E-state index is 11.2. The number of rotatable bonds is 4. The molecule has 0 saturated heterocycles. The second-order valence-electron chi connectivity index (χ2n) is 2.89. The van der Waals surface area contributed by atoms with E-state index in [9.17, 15) is 15.0 Å². The first-order valence-corrected chi connectivity index (χ1v) is 4.83. The lowest BCUT2D eigenvalue weighted by Crippen LogP contribution is -2.21. The number of ether oxygens (including phenoxy) is 1. The van der Waals surface area contributed by atoms with Crippen molar-refractivity contribution in [2.75, 3.05) is 12.9 Å². The van der Waals surface area contributed by atoms with Crippen LogP contribution in [0.5, 0.6) is 0 Å². The van der Waals surface area contributed by atoms with E-state index in [4.69, 9.17) is 0 Å². The summed E-state index contributed by atoms with van der Waals surface area (Å²) < 4.78 is 4.48. The minimum atomic E-state index is -1.21. The standard InChI is InChI=1S/C8H12N2O4S/c1-14-8(13)6-4(2-9-10-6)7(12)5(11)3-15/h2,5,7,11-12,15H,3H2,1H3,(H,9,10). The molecule has 0 bridgehead atoms. The zero-order valence-electron chi connectivity index (χ0n) is 8.04. The number of methoxy groups -OCH3 is 1. The van der Waals surface area contributed by atoms with E-state index in [1.807, 2.05) is 0 Å². The van der Waals surface area contributed by atoms with Crippen molar-refractivity contribution in [2.24, 2.45) is 0 Å². The number of nitrogens with zero attached hydrogens (tertiary/aromatic N) is 1. The molecular weight excluding hydrogens is 220 g/mol. The summed E-state index contributed by atoms with van der Waals surface area (Å²) in [7, 11) is 1.22. The van der Waals surface area contributed by atoms with Crippen LogP contribution in [0.1, 0.15) is 22.2 Å². The van der Waals surface area contributed by atoms with Gasteiger partial charge in [-0.15, -0.1) is 0 Å². The third-order valence-electron chi connectivity index (χ3n) is 1.93. The lowest BCUT2D eigenvalue weighted by molar-refractivity contribution is 0.0317. The molecule has 0 spiro atoms. The first-order valence-electron chi connectivity index (χ1n) is 4.20. The van der Waals surface area contributed by atoms with Crippen LogP contribution in [0.4, 0.5) is 0 Å². The molecule has 15 heavy (non-hydrogen) atoms. The third kappa shape index (κ3) is 2.49. The van der Waals surface area contributed by atoms with Gasteiger partial charge < -0.3 is 14.9 Å². The van der Waals surface area contributed by atoms with Gasteiger partial charge in [-0.1, -0.05) is 0 Å². The number of aliphatic hydroxyl groups is 2. The molecule has 0 aliphatic carbocycles. The topological polar surface area (TPSA) is 95.4 Å². The number of thiol groups is 1. The molecule has 2 atom stereocenters. The van der Waals surface area contributed by atoms with Crippen molar-refractivity contribution in [3.63, 3.8) is 0 Å². The fourth-order valence-corrected chi connectivity index (χ4v) is 1.29. The highest BCUT2D eigenvalue weighted by Gasteiger charge is 2.25.